The van der Waals surface area contributed by atoms with Crippen molar-refractivity contribution in [3.63, 3.8) is 0 Å². The summed E-state index contributed by atoms with van der Waals surface area (Å²) in [5, 5.41) is 14.2. The first kappa shape index (κ1) is 12.9. The first-order valence-electron chi connectivity index (χ1n) is 5.92. The third-order valence-corrected chi connectivity index (χ3v) is 3.47. The van der Waals surface area contributed by atoms with E-state index in [-0.39, 0.29) is 0 Å². The van der Waals surface area contributed by atoms with E-state index >= 15 is 0 Å². The molecule has 0 aliphatic rings. The van der Waals surface area contributed by atoms with Gasteiger partial charge in [-0.3, -0.25) is 5.10 Å². The summed E-state index contributed by atoms with van der Waals surface area (Å²) in [6, 6.07) is 0.401. The first-order valence-corrected chi connectivity index (χ1v) is 7.32. The third kappa shape index (κ3) is 2.66. The second-order valence-electron chi connectivity index (χ2n) is 3.98. The van der Waals surface area contributed by atoms with Crippen LogP contribution in [-0.2, 0) is 0 Å². The maximum absolute atomic E-state index is 4.46. The molecule has 0 fully saturated rings. The normalized spacial score (nSPS) is 12.6. The van der Waals surface area contributed by atoms with E-state index in [2.05, 4.69) is 44.0 Å². The van der Waals surface area contributed by atoms with Crippen molar-refractivity contribution in [2.45, 2.75) is 19.4 Å². The summed E-state index contributed by atoms with van der Waals surface area (Å²) in [6.07, 6.45) is 4.92. The van der Waals surface area contributed by atoms with Crippen LogP contribution in [0.15, 0.2) is 6.20 Å². The molecule has 0 saturated carbocycles. The SMILES string of the molecule is CCC(CSC)Nc1nc(NC)nc2[nH]ncc12. The summed E-state index contributed by atoms with van der Waals surface area (Å²) in [5.41, 5.74) is 0.746. The standard InChI is InChI=1S/C11H18N6S/c1-4-7(6-18-3)14-9-8-5-13-17-10(8)16-11(12-2)15-9/h5,7H,4,6H2,1-3H3,(H3,12,13,14,15,16,17). The maximum atomic E-state index is 4.46. The molecule has 0 aliphatic carbocycles. The average Bonchev–Trinajstić information content (AvgIpc) is 2.86. The van der Waals surface area contributed by atoms with Crippen molar-refractivity contribution in [1.29, 1.82) is 0 Å². The van der Waals surface area contributed by atoms with Crippen LogP contribution in [0.25, 0.3) is 11.0 Å². The minimum Gasteiger partial charge on any atom is -0.366 e. The van der Waals surface area contributed by atoms with E-state index in [1.807, 2.05) is 11.8 Å². The molecule has 0 saturated heterocycles. The Morgan fingerprint density at radius 3 is 2.94 bits per heavy atom. The van der Waals surface area contributed by atoms with Crippen molar-refractivity contribution in [1.82, 2.24) is 20.2 Å². The van der Waals surface area contributed by atoms with E-state index < -0.39 is 0 Å². The molecule has 1 atom stereocenters. The highest BCUT2D eigenvalue weighted by Gasteiger charge is 2.12. The van der Waals surface area contributed by atoms with Crippen LogP contribution in [0.1, 0.15) is 13.3 Å². The number of anilines is 2. The highest BCUT2D eigenvalue weighted by Crippen LogP contribution is 2.21. The van der Waals surface area contributed by atoms with Gasteiger partial charge in [-0.05, 0) is 12.7 Å². The van der Waals surface area contributed by atoms with Gasteiger partial charge in [0.05, 0.1) is 11.6 Å². The molecule has 2 heterocycles. The van der Waals surface area contributed by atoms with Crippen LogP contribution in [0.4, 0.5) is 11.8 Å². The first-order chi connectivity index (χ1) is 8.78. The van der Waals surface area contributed by atoms with Crippen molar-refractivity contribution >= 4 is 34.6 Å². The summed E-state index contributed by atoms with van der Waals surface area (Å²) in [7, 11) is 1.81. The van der Waals surface area contributed by atoms with E-state index in [1.54, 1.807) is 13.2 Å². The highest BCUT2D eigenvalue weighted by molar-refractivity contribution is 7.98. The molecule has 0 amide bonds. The fourth-order valence-electron chi connectivity index (χ4n) is 1.71. The molecule has 2 aromatic rings. The quantitative estimate of drug-likeness (QED) is 0.741. The summed E-state index contributed by atoms with van der Waals surface area (Å²) in [6.45, 7) is 2.17. The molecule has 0 spiro atoms. The number of rotatable bonds is 6. The van der Waals surface area contributed by atoms with Crippen LogP contribution < -0.4 is 10.6 Å². The van der Waals surface area contributed by atoms with Crippen molar-refractivity contribution in [3.05, 3.63) is 6.20 Å². The zero-order valence-electron chi connectivity index (χ0n) is 10.8. The van der Waals surface area contributed by atoms with Crippen molar-refractivity contribution in [2.24, 2.45) is 0 Å². The Morgan fingerprint density at radius 2 is 2.28 bits per heavy atom. The van der Waals surface area contributed by atoms with Crippen LogP contribution in [0.3, 0.4) is 0 Å². The lowest BCUT2D eigenvalue weighted by molar-refractivity contribution is 0.771. The molecule has 7 heteroatoms. The third-order valence-electron chi connectivity index (χ3n) is 2.73. The Morgan fingerprint density at radius 1 is 1.44 bits per heavy atom. The maximum Gasteiger partial charge on any atom is 0.226 e. The van der Waals surface area contributed by atoms with Crippen LogP contribution in [0.5, 0.6) is 0 Å². The van der Waals surface area contributed by atoms with Gasteiger partial charge in [-0.15, -0.1) is 0 Å². The predicted molar refractivity (Wildman–Crippen MR) is 77.3 cm³/mol. The molecule has 18 heavy (non-hydrogen) atoms. The van der Waals surface area contributed by atoms with Gasteiger partial charge in [0.25, 0.3) is 0 Å². The largest absolute Gasteiger partial charge is 0.366 e. The summed E-state index contributed by atoms with van der Waals surface area (Å²) < 4.78 is 0. The van der Waals surface area contributed by atoms with E-state index in [1.165, 1.54) is 0 Å². The monoisotopic (exact) mass is 266 g/mol. The minimum absolute atomic E-state index is 0.401. The Labute approximate surface area is 110 Å². The van der Waals surface area contributed by atoms with E-state index in [0.29, 0.717) is 12.0 Å². The van der Waals surface area contributed by atoms with Gasteiger partial charge in [0, 0.05) is 18.8 Å². The minimum atomic E-state index is 0.401. The van der Waals surface area contributed by atoms with Crippen LogP contribution >= 0.6 is 11.8 Å². The van der Waals surface area contributed by atoms with E-state index in [4.69, 9.17) is 0 Å². The molecule has 2 aromatic heterocycles. The fraction of sp³-hybridized carbons (Fsp3) is 0.545. The molecule has 3 N–H and O–H groups in total. The predicted octanol–water partition coefficient (Wildman–Crippen LogP) is 1.95. The van der Waals surface area contributed by atoms with Crippen LogP contribution in [0, 0.1) is 0 Å². The van der Waals surface area contributed by atoms with Gasteiger partial charge >= 0.3 is 0 Å². The van der Waals surface area contributed by atoms with Gasteiger partial charge < -0.3 is 10.6 Å². The van der Waals surface area contributed by atoms with E-state index in [9.17, 15) is 0 Å². The Kier molecular flexibility index (Phi) is 4.24. The topological polar surface area (TPSA) is 78.5 Å². The van der Waals surface area contributed by atoms with Gasteiger partial charge in [-0.1, -0.05) is 6.92 Å². The molecule has 0 bridgehead atoms. The van der Waals surface area contributed by atoms with Gasteiger partial charge in [0.15, 0.2) is 5.65 Å². The number of nitrogens with zero attached hydrogens (tertiary/aromatic N) is 3. The molecule has 1 unspecified atom stereocenters. The second-order valence-corrected chi connectivity index (χ2v) is 4.89. The number of aromatic amines is 1. The summed E-state index contributed by atoms with van der Waals surface area (Å²) >= 11 is 1.83. The molecule has 0 aliphatic heterocycles. The van der Waals surface area contributed by atoms with Gasteiger partial charge in [-0.25, -0.2) is 0 Å². The fourth-order valence-corrected chi connectivity index (χ4v) is 2.43. The molecule has 6 nitrogen and oxygen atoms in total. The number of hydrogen-bond donors (Lipinski definition) is 3. The molecule has 2 rings (SSSR count). The molecule has 0 radical (unpaired) electrons. The number of H-pyrrole nitrogens is 1. The van der Waals surface area contributed by atoms with Gasteiger partial charge in [0.1, 0.15) is 5.82 Å². The second kappa shape index (κ2) is 5.90. The number of aromatic nitrogens is 4. The van der Waals surface area contributed by atoms with Crippen LogP contribution in [0.2, 0.25) is 0 Å². The Balaban J connectivity index is 2.32. The Bertz CT molecular complexity index is 511. The number of hydrogen-bond acceptors (Lipinski definition) is 6. The average molecular weight is 266 g/mol. The zero-order valence-corrected chi connectivity index (χ0v) is 11.6. The lowest BCUT2D eigenvalue weighted by atomic mass is 10.2. The Hall–Kier alpha value is -1.50. The van der Waals surface area contributed by atoms with E-state index in [0.717, 1.165) is 29.0 Å². The van der Waals surface area contributed by atoms with Crippen molar-refractivity contribution in [3.8, 4) is 0 Å². The molecular formula is C11H18N6S. The zero-order chi connectivity index (χ0) is 13.0. The van der Waals surface area contributed by atoms with Crippen molar-refractivity contribution < 1.29 is 0 Å². The van der Waals surface area contributed by atoms with Gasteiger partial charge in [-0.2, -0.15) is 26.8 Å². The van der Waals surface area contributed by atoms with Crippen molar-refractivity contribution in [2.75, 3.05) is 29.7 Å². The number of thioether (sulfide) groups is 1. The lowest BCUT2D eigenvalue weighted by Crippen LogP contribution is -2.22. The highest BCUT2D eigenvalue weighted by atomic mass is 32.2. The van der Waals surface area contributed by atoms with Crippen LogP contribution in [-0.4, -0.2) is 45.3 Å². The molecule has 98 valence electrons. The summed E-state index contributed by atoms with van der Waals surface area (Å²) in [5.74, 6) is 2.47. The summed E-state index contributed by atoms with van der Waals surface area (Å²) in [4.78, 5) is 8.77. The molecular weight excluding hydrogens is 248 g/mol. The van der Waals surface area contributed by atoms with Gasteiger partial charge in [0.2, 0.25) is 5.95 Å². The smallest absolute Gasteiger partial charge is 0.226 e. The number of nitrogens with one attached hydrogen (secondary N) is 3. The number of fused-ring (bicyclic) bond motifs is 1. The molecule has 0 aromatic carbocycles. The lowest BCUT2D eigenvalue weighted by Gasteiger charge is -2.17.